The molecule has 5 nitrogen and oxygen atoms in total. The second-order valence-corrected chi connectivity index (χ2v) is 11.5. The summed E-state index contributed by atoms with van der Waals surface area (Å²) in [5.74, 6) is 0.498. The highest BCUT2D eigenvalue weighted by atomic mass is 16.3. The van der Waals surface area contributed by atoms with Crippen LogP contribution in [0.25, 0.3) is 99.9 Å². The third kappa shape index (κ3) is 4.22. The summed E-state index contributed by atoms with van der Waals surface area (Å²) in [4.78, 5) is 14.7. The number of nitrogens with zero attached hydrogens (tertiary/aromatic N) is 3. The van der Waals surface area contributed by atoms with Gasteiger partial charge in [-0.15, -0.1) is 0 Å². The number of benzene rings is 7. The molecule has 3 heterocycles. The molecule has 0 saturated carbocycles. The third-order valence-corrected chi connectivity index (χ3v) is 8.66. The fraction of sp³-hybridized carbons (Fsp3) is 0. The maximum atomic E-state index is 9.13. The average Bonchev–Trinajstić information content (AvgIpc) is 3.80. The second-order valence-electron chi connectivity index (χ2n) is 11.5. The molecule has 10 aromatic rings. The van der Waals surface area contributed by atoms with Crippen LogP contribution < -0.4 is 0 Å². The van der Waals surface area contributed by atoms with Crippen LogP contribution >= 0.6 is 0 Å². The van der Waals surface area contributed by atoms with Gasteiger partial charge in [-0.3, -0.25) is 0 Å². The minimum atomic E-state index is -0.500. The summed E-state index contributed by atoms with van der Waals surface area (Å²) in [6, 6.07) is 32.4. The zero-order valence-electron chi connectivity index (χ0n) is 32.1. The van der Waals surface area contributed by atoms with Crippen molar-refractivity contribution in [2.75, 3.05) is 0 Å². The number of hydrogen-bond acceptors (Lipinski definition) is 5. The van der Waals surface area contributed by atoms with E-state index in [1.165, 1.54) is 0 Å². The van der Waals surface area contributed by atoms with Crippen molar-refractivity contribution in [1.29, 1.82) is 0 Å². The van der Waals surface area contributed by atoms with Gasteiger partial charge in [0.25, 0.3) is 0 Å². The minimum Gasteiger partial charge on any atom is -0.456 e. The Morgan fingerprint density at radius 3 is 2.04 bits per heavy atom. The quantitative estimate of drug-likeness (QED) is 0.195. The van der Waals surface area contributed by atoms with Crippen LogP contribution in [0.5, 0.6) is 0 Å². The van der Waals surface area contributed by atoms with E-state index < -0.39 is 42.3 Å². The van der Waals surface area contributed by atoms with Crippen LogP contribution in [-0.2, 0) is 0 Å². The number of fused-ring (bicyclic) bond motifs is 7. The lowest BCUT2D eigenvalue weighted by atomic mass is 9.99. The third-order valence-electron chi connectivity index (χ3n) is 8.66. The molecular weight excluding hydrogens is 590 g/mol. The van der Waals surface area contributed by atoms with Crippen molar-refractivity contribution >= 4 is 54.6 Å². The van der Waals surface area contributed by atoms with E-state index in [2.05, 4.69) is 36.4 Å². The van der Waals surface area contributed by atoms with Crippen LogP contribution in [0.15, 0.2) is 160 Å². The van der Waals surface area contributed by atoms with Gasteiger partial charge >= 0.3 is 0 Å². The minimum absolute atomic E-state index is 0.00938. The Labute approximate surface area is 284 Å². The van der Waals surface area contributed by atoms with E-state index in [0.29, 0.717) is 22.3 Å². The van der Waals surface area contributed by atoms with Crippen molar-refractivity contribution in [3.05, 3.63) is 151 Å². The predicted octanol–water partition coefficient (Wildman–Crippen LogP) is 11.5. The number of para-hydroxylation sites is 1. The smallest absolute Gasteiger partial charge is 0.164 e. The van der Waals surface area contributed by atoms with Crippen molar-refractivity contribution in [2.45, 2.75) is 0 Å². The fourth-order valence-corrected chi connectivity index (χ4v) is 6.41. The lowest BCUT2D eigenvalue weighted by Crippen LogP contribution is -2.00. The highest BCUT2D eigenvalue weighted by Gasteiger charge is 2.20. The van der Waals surface area contributed by atoms with Gasteiger partial charge in [0.1, 0.15) is 22.3 Å². The second kappa shape index (κ2) is 10.5. The molecule has 7 aromatic carbocycles. The topological polar surface area (TPSA) is 65.0 Å². The number of hydrogen-bond donors (Lipinski definition) is 0. The van der Waals surface area contributed by atoms with Crippen molar-refractivity contribution in [2.24, 2.45) is 0 Å². The maximum Gasteiger partial charge on any atom is 0.164 e. The molecule has 3 aromatic heterocycles. The summed E-state index contributed by atoms with van der Waals surface area (Å²) in [6.07, 6.45) is 0. The predicted molar refractivity (Wildman–Crippen MR) is 194 cm³/mol. The molecule has 48 heavy (non-hydrogen) atoms. The Balaban J connectivity index is 1.24. The van der Waals surface area contributed by atoms with Gasteiger partial charge in [-0.2, -0.15) is 0 Å². The van der Waals surface area contributed by atoms with Crippen LogP contribution in [0.3, 0.4) is 0 Å². The highest BCUT2D eigenvalue weighted by Crippen LogP contribution is 2.40. The standard InChI is InChI=1S/C43H25N3O2/c1-2-11-27(12-3-1)41-44-42(33-15-8-18-36-39(33)31-14-6-7-17-35(31)47-36)46-43(45-41)34-16-9-19-37-40(34)32-23-22-30(25-38(32)48-37)29-21-20-26-10-4-5-13-28(26)24-29/h1-25H/i6D,7D,8D,14D,15D,17D,18D. The van der Waals surface area contributed by atoms with Crippen LogP contribution in [0.4, 0.5) is 0 Å². The van der Waals surface area contributed by atoms with Crippen LogP contribution in [0.2, 0.25) is 0 Å². The first kappa shape index (κ1) is 20.5. The molecule has 0 aliphatic heterocycles. The molecule has 0 aliphatic carbocycles. The molecule has 0 atom stereocenters. The van der Waals surface area contributed by atoms with Gasteiger partial charge in [0, 0.05) is 38.2 Å². The molecule has 0 fully saturated rings. The largest absolute Gasteiger partial charge is 0.456 e. The lowest BCUT2D eigenvalue weighted by molar-refractivity contribution is 0.668. The Bertz CT molecular complexity index is 3250. The van der Waals surface area contributed by atoms with Crippen molar-refractivity contribution in [1.82, 2.24) is 15.0 Å². The summed E-state index contributed by atoms with van der Waals surface area (Å²) >= 11 is 0. The zero-order chi connectivity index (χ0) is 37.7. The van der Waals surface area contributed by atoms with E-state index in [1.54, 1.807) is 0 Å². The average molecular weight is 623 g/mol. The van der Waals surface area contributed by atoms with Gasteiger partial charge in [-0.25, -0.2) is 15.0 Å². The van der Waals surface area contributed by atoms with Gasteiger partial charge in [-0.1, -0.05) is 115 Å². The summed E-state index contributed by atoms with van der Waals surface area (Å²) in [7, 11) is 0. The summed E-state index contributed by atoms with van der Waals surface area (Å²) in [6.45, 7) is 0. The van der Waals surface area contributed by atoms with Crippen molar-refractivity contribution < 1.29 is 18.4 Å². The van der Waals surface area contributed by atoms with Gasteiger partial charge < -0.3 is 8.83 Å². The molecule has 0 radical (unpaired) electrons. The van der Waals surface area contributed by atoms with E-state index in [0.717, 1.165) is 32.7 Å². The molecule has 0 aliphatic rings. The molecule has 5 heteroatoms. The van der Waals surface area contributed by atoms with E-state index in [4.69, 9.17) is 33.4 Å². The van der Waals surface area contributed by atoms with Gasteiger partial charge in [0.15, 0.2) is 17.5 Å². The van der Waals surface area contributed by atoms with Crippen molar-refractivity contribution in [3.63, 3.8) is 0 Å². The molecular formula is C43H25N3O2. The molecule has 224 valence electrons. The molecule has 10 rings (SSSR count). The van der Waals surface area contributed by atoms with Gasteiger partial charge in [-0.05, 0) is 58.2 Å². The molecule has 0 amide bonds. The molecule has 0 N–H and O–H groups in total. The molecule has 0 bridgehead atoms. The SMILES string of the molecule is [2H]c1c([2H])c([2H])c2c(oc3c([2H])c([2H])c([2H])c(-c4nc(-c5ccccc5)nc(-c5cccc6oc7cc(-c8ccc9ccccc9c8)ccc7c56)n4)c32)c1[2H]. The summed E-state index contributed by atoms with van der Waals surface area (Å²) in [5.41, 5.74) is 4.25. The Morgan fingerprint density at radius 1 is 0.417 bits per heavy atom. The Hall–Kier alpha value is -6.59. The molecule has 0 saturated heterocycles. The molecule has 0 spiro atoms. The van der Waals surface area contributed by atoms with E-state index in [1.807, 2.05) is 72.8 Å². The van der Waals surface area contributed by atoms with E-state index in [9.17, 15) is 0 Å². The number of furan rings is 2. The number of aromatic nitrogens is 3. The van der Waals surface area contributed by atoms with Crippen molar-refractivity contribution in [3.8, 4) is 45.3 Å². The van der Waals surface area contributed by atoms with Gasteiger partial charge in [0.2, 0.25) is 0 Å². The van der Waals surface area contributed by atoms with Crippen LogP contribution in [0.1, 0.15) is 9.60 Å². The lowest BCUT2D eigenvalue weighted by Gasteiger charge is -2.10. The summed E-state index contributed by atoms with van der Waals surface area (Å²) in [5, 5.41) is 3.93. The molecule has 0 unspecified atom stereocenters. The highest BCUT2D eigenvalue weighted by molar-refractivity contribution is 6.13. The van der Waals surface area contributed by atoms with Crippen LogP contribution in [-0.4, -0.2) is 15.0 Å². The van der Waals surface area contributed by atoms with E-state index >= 15 is 0 Å². The first-order valence-electron chi connectivity index (χ1n) is 18.9. The monoisotopic (exact) mass is 622 g/mol. The fourth-order valence-electron chi connectivity index (χ4n) is 6.41. The maximum absolute atomic E-state index is 9.13. The van der Waals surface area contributed by atoms with Crippen LogP contribution in [0, 0.1) is 0 Å². The summed E-state index contributed by atoms with van der Waals surface area (Å²) < 4.78 is 72.9. The van der Waals surface area contributed by atoms with E-state index in [-0.39, 0.29) is 45.0 Å². The number of rotatable bonds is 4. The normalized spacial score (nSPS) is 13.8. The van der Waals surface area contributed by atoms with Gasteiger partial charge in [0.05, 0.1) is 9.60 Å². The Kier molecular flexibility index (Phi) is 4.48. The first-order chi connectivity index (χ1) is 26.7. The zero-order valence-corrected chi connectivity index (χ0v) is 25.1. The Morgan fingerprint density at radius 2 is 1.12 bits per heavy atom. The first-order valence-corrected chi connectivity index (χ1v) is 15.4.